The number of rotatable bonds is 4. The van der Waals surface area contributed by atoms with Gasteiger partial charge in [0.25, 0.3) is 0 Å². The van der Waals surface area contributed by atoms with Crippen LogP contribution in [0.4, 0.5) is 5.69 Å². The number of anilines is 1. The van der Waals surface area contributed by atoms with Crippen molar-refractivity contribution in [2.45, 2.75) is 6.54 Å². The zero-order valence-electron chi connectivity index (χ0n) is 9.65. The van der Waals surface area contributed by atoms with Crippen LogP contribution in [0.5, 0.6) is 0 Å². The normalized spacial score (nSPS) is 10.1. The number of carboxylic acids is 1. The summed E-state index contributed by atoms with van der Waals surface area (Å²) in [4.78, 5) is 11.5. The largest absolute Gasteiger partial charge is 0.480 e. The highest BCUT2D eigenvalue weighted by molar-refractivity contribution is 7.80. The summed E-state index contributed by atoms with van der Waals surface area (Å²) in [7, 11) is 0. The third-order valence-corrected chi connectivity index (χ3v) is 2.22. The maximum Gasteiger partial charge on any atom is 0.327 e. The lowest BCUT2D eigenvalue weighted by molar-refractivity contribution is -0.138. The van der Waals surface area contributed by atoms with Crippen molar-refractivity contribution in [3.8, 4) is 11.4 Å². The number of tetrazole rings is 1. The summed E-state index contributed by atoms with van der Waals surface area (Å²) < 4.78 is 0. The van der Waals surface area contributed by atoms with Gasteiger partial charge in [0.15, 0.2) is 11.7 Å². The second-order valence-electron chi connectivity index (χ2n) is 3.61. The molecule has 19 heavy (non-hydrogen) atoms. The average molecular weight is 278 g/mol. The van der Waals surface area contributed by atoms with E-state index in [0.717, 1.165) is 4.80 Å². The molecule has 0 bridgehead atoms. The van der Waals surface area contributed by atoms with E-state index in [2.05, 4.69) is 20.7 Å². The molecule has 0 aliphatic rings. The molecule has 2 rings (SSSR count). The molecule has 0 amide bonds. The molecule has 1 aromatic heterocycles. The molecule has 0 saturated carbocycles. The van der Waals surface area contributed by atoms with Gasteiger partial charge in [0.2, 0.25) is 5.82 Å². The monoisotopic (exact) mass is 278 g/mol. The maximum atomic E-state index is 10.5. The van der Waals surface area contributed by atoms with Crippen LogP contribution in [0.2, 0.25) is 0 Å². The van der Waals surface area contributed by atoms with E-state index in [9.17, 15) is 4.79 Å². The molecule has 4 N–H and O–H groups in total. The van der Waals surface area contributed by atoms with E-state index in [1.54, 1.807) is 24.3 Å². The lowest BCUT2D eigenvalue weighted by atomic mass is 10.2. The van der Waals surface area contributed by atoms with Crippen LogP contribution >= 0.6 is 12.2 Å². The first-order valence-corrected chi connectivity index (χ1v) is 5.62. The lowest BCUT2D eigenvalue weighted by Gasteiger charge is -2.04. The Balaban J connectivity index is 2.23. The zero-order valence-corrected chi connectivity index (χ0v) is 10.5. The quantitative estimate of drug-likeness (QED) is 0.673. The third-order valence-electron chi connectivity index (χ3n) is 2.12. The molecular weight excluding hydrogens is 268 g/mol. The van der Waals surface area contributed by atoms with Crippen LogP contribution in [-0.2, 0) is 11.3 Å². The number of nitrogens with zero attached hydrogens (tertiary/aromatic N) is 4. The Kier molecular flexibility index (Phi) is 3.66. The van der Waals surface area contributed by atoms with Gasteiger partial charge in [-0.3, -0.25) is 4.79 Å². The van der Waals surface area contributed by atoms with Crippen LogP contribution in [0.25, 0.3) is 11.4 Å². The number of nitrogens with two attached hydrogens (primary N) is 1. The number of aromatic nitrogens is 4. The Hall–Kier alpha value is -2.55. The van der Waals surface area contributed by atoms with Crippen molar-refractivity contribution < 1.29 is 9.90 Å². The van der Waals surface area contributed by atoms with Crippen LogP contribution in [0.1, 0.15) is 0 Å². The van der Waals surface area contributed by atoms with E-state index in [-0.39, 0.29) is 11.7 Å². The first kappa shape index (κ1) is 12.9. The minimum Gasteiger partial charge on any atom is -0.480 e. The van der Waals surface area contributed by atoms with E-state index in [4.69, 9.17) is 23.1 Å². The molecule has 0 fully saturated rings. The maximum absolute atomic E-state index is 10.5. The molecule has 0 aliphatic carbocycles. The van der Waals surface area contributed by atoms with Crippen molar-refractivity contribution in [2.75, 3.05) is 5.32 Å². The number of thiocarbonyl (C=S) groups is 1. The van der Waals surface area contributed by atoms with Crippen molar-refractivity contribution in [2.24, 2.45) is 5.73 Å². The van der Waals surface area contributed by atoms with Crippen LogP contribution in [-0.4, -0.2) is 36.4 Å². The second-order valence-corrected chi connectivity index (χ2v) is 4.05. The molecule has 1 aromatic carbocycles. The van der Waals surface area contributed by atoms with E-state index < -0.39 is 5.97 Å². The number of hydrogen-bond acceptors (Lipinski definition) is 5. The first-order valence-electron chi connectivity index (χ1n) is 5.21. The van der Waals surface area contributed by atoms with Crippen LogP contribution in [0.3, 0.4) is 0 Å². The van der Waals surface area contributed by atoms with Crippen molar-refractivity contribution in [1.82, 2.24) is 20.2 Å². The summed E-state index contributed by atoms with van der Waals surface area (Å²) in [5.74, 6) is -0.708. The highest BCUT2D eigenvalue weighted by Gasteiger charge is 2.08. The molecule has 1 heterocycles. The predicted molar refractivity (Wildman–Crippen MR) is 71.3 cm³/mol. The second kappa shape index (κ2) is 5.40. The lowest BCUT2D eigenvalue weighted by Crippen LogP contribution is -2.18. The number of hydrogen-bond donors (Lipinski definition) is 3. The van der Waals surface area contributed by atoms with E-state index in [1.807, 2.05) is 0 Å². The number of nitrogens with one attached hydrogen (secondary N) is 1. The van der Waals surface area contributed by atoms with E-state index in [1.165, 1.54) is 0 Å². The van der Waals surface area contributed by atoms with Crippen LogP contribution in [0.15, 0.2) is 24.3 Å². The van der Waals surface area contributed by atoms with Gasteiger partial charge in [-0.05, 0) is 29.6 Å². The molecule has 9 heteroatoms. The van der Waals surface area contributed by atoms with Gasteiger partial charge >= 0.3 is 5.97 Å². The molecule has 0 aliphatic heterocycles. The van der Waals surface area contributed by atoms with Gasteiger partial charge in [0, 0.05) is 11.3 Å². The van der Waals surface area contributed by atoms with Crippen molar-refractivity contribution in [3.05, 3.63) is 24.3 Å². The number of carboxylic acid groups (broad SMARTS) is 1. The van der Waals surface area contributed by atoms with Crippen LogP contribution < -0.4 is 11.1 Å². The van der Waals surface area contributed by atoms with Gasteiger partial charge in [-0.1, -0.05) is 12.1 Å². The van der Waals surface area contributed by atoms with E-state index in [0.29, 0.717) is 17.1 Å². The summed E-state index contributed by atoms with van der Waals surface area (Å²) in [5, 5.41) is 23.0. The van der Waals surface area contributed by atoms with Gasteiger partial charge in [-0.2, -0.15) is 4.80 Å². The van der Waals surface area contributed by atoms with Gasteiger partial charge in [0.1, 0.15) is 0 Å². The Morgan fingerprint density at radius 3 is 3.00 bits per heavy atom. The molecule has 8 nitrogen and oxygen atoms in total. The van der Waals surface area contributed by atoms with Gasteiger partial charge in [-0.15, -0.1) is 10.2 Å². The fourth-order valence-electron chi connectivity index (χ4n) is 1.43. The fourth-order valence-corrected chi connectivity index (χ4v) is 1.54. The van der Waals surface area contributed by atoms with Crippen molar-refractivity contribution in [3.63, 3.8) is 0 Å². The van der Waals surface area contributed by atoms with E-state index >= 15 is 0 Å². The minimum absolute atomic E-state index is 0.152. The molecule has 2 aromatic rings. The van der Waals surface area contributed by atoms with Gasteiger partial charge in [-0.25, -0.2) is 0 Å². The number of aliphatic carboxylic acids is 1. The Labute approximate surface area is 113 Å². The van der Waals surface area contributed by atoms with Gasteiger partial charge < -0.3 is 16.2 Å². The molecular formula is C10H10N6O2S. The fraction of sp³-hybridized carbons (Fsp3) is 0.100. The summed E-state index contributed by atoms with van der Waals surface area (Å²) in [6, 6.07) is 7.06. The molecule has 0 atom stereocenters. The topological polar surface area (TPSA) is 119 Å². The van der Waals surface area contributed by atoms with Crippen LogP contribution in [0, 0.1) is 0 Å². The summed E-state index contributed by atoms with van der Waals surface area (Å²) >= 11 is 4.74. The first-order chi connectivity index (χ1) is 9.04. The van der Waals surface area contributed by atoms with Crippen molar-refractivity contribution in [1.29, 1.82) is 0 Å². The minimum atomic E-state index is -1.03. The molecule has 0 unspecified atom stereocenters. The highest BCUT2D eigenvalue weighted by Crippen LogP contribution is 2.18. The Morgan fingerprint density at radius 2 is 2.32 bits per heavy atom. The summed E-state index contributed by atoms with van der Waals surface area (Å²) in [6.45, 7) is -0.335. The molecule has 0 saturated heterocycles. The Morgan fingerprint density at radius 1 is 1.53 bits per heavy atom. The number of benzene rings is 1. The van der Waals surface area contributed by atoms with Crippen molar-refractivity contribution >= 4 is 29.0 Å². The third kappa shape index (κ3) is 3.45. The predicted octanol–water partition coefficient (Wildman–Crippen LogP) is 0.0802. The van der Waals surface area contributed by atoms with Gasteiger partial charge in [0.05, 0.1) is 0 Å². The summed E-state index contributed by atoms with van der Waals surface area (Å²) in [5.41, 5.74) is 6.75. The zero-order chi connectivity index (χ0) is 13.8. The molecule has 98 valence electrons. The SMILES string of the molecule is NC(=S)Nc1cccc(-c2nnn(CC(=O)O)n2)c1. The standard InChI is InChI=1S/C10H10N6O2S/c11-10(19)12-7-3-1-2-6(4-7)9-13-15-16(14-9)5-8(17)18/h1-4H,5H2,(H,17,18)(H3,11,12,19). The molecule has 0 radical (unpaired) electrons. The number of carbonyl (C=O) groups is 1. The Bertz CT molecular complexity index is 626. The highest BCUT2D eigenvalue weighted by atomic mass is 32.1. The average Bonchev–Trinajstić information content (AvgIpc) is 2.76. The summed E-state index contributed by atoms with van der Waals surface area (Å²) in [6.07, 6.45) is 0. The smallest absolute Gasteiger partial charge is 0.327 e. The molecule has 0 spiro atoms.